The van der Waals surface area contributed by atoms with Gasteiger partial charge in [-0.2, -0.15) is 0 Å². The van der Waals surface area contributed by atoms with Gasteiger partial charge < -0.3 is 15.0 Å². The van der Waals surface area contributed by atoms with Gasteiger partial charge >= 0.3 is 0 Å². The van der Waals surface area contributed by atoms with Gasteiger partial charge in [0.15, 0.2) is 0 Å². The first kappa shape index (κ1) is 13.6. The fourth-order valence-electron chi connectivity index (χ4n) is 4.30. The van der Waals surface area contributed by atoms with Crippen LogP contribution in [-0.2, 0) is 11.3 Å². The highest BCUT2D eigenvalue weighted by atomic mass is 16.5. The van der Waals surface area contributed by atoms with Crippen LogP contribution < -0.4 is 10.2 Å². The summed E-state index contributed by atoms with van der Waals surface area (Å²) >= 11 is 0. The second-order valence-corrected chi connectivity index (χ2v) is 7.06. The number of fused-ring (bicyclic) bond motifs is 1. The van der Waals surface area contributed by atoms with Gasteiger partial charge in [-0.15, -0.1) is 0 Å². The number of para-hydroxylation sites is 1. The normalized spacial score (nSPS) is 29.8. The minimum atomic E-state index is 0.0254. The van der Waals surface area contributed by atoms with Gasteiger partial charge in [-0.3, -0.25) is 0 Å². The van der Waals surface area contributed by atoms with E-state index in [1.54, 1.807) is 0 Å². The molecule has 1 unspecified atom stereocenters. The van der Waals surface area contributed by atoms with E-state index in [1.165, 1.54) is 43.5 Å². The zero-order valence-corrected chi connectivity index (χ0v) is 12.8. The van der Waals surface area contributed by atoms with Crippen molar-refractivity contribution in [3.05, 3.63) is 29.8 Å². The summed E-state index contributed by atoms with van der Waals surface area (Å²) in [6.07, 6.45) is 6.80. The molecule has 1 N–H and O–H groups in total. The number of hydrogen-bond acceptors (Lipinski definition) is 3. The van der Waals surface area contributed by atoms with Crippen LogP contribution in [0.1, 0.15) is 37.7 Å². The highest BCUT2D eigenvalue weighted by molar-refractivity contribution is 5.54. The largest absolute Gasteiger partial charge is 0.368 e. The first-order chi connectivity index (χ1) is 10.3. The fraction of sp³-hybridized carbons (Fsp3) is 0.667. The molecule has 0 amide bonds. The van der Waals surface area contributed by atoms with E-state index in [4.69, 9.17) is 4.74 Å². The number of rotatable bonds is 2. The molecular formula is C18H26N2O. The Balaban J connectivity index is 1.62. The summed E-state index contributed by atoms with van der Waals surface area (Å²) in [6, 6.07) is 8.83. The fourth-order valence-corrected chi connectivity index (χ4v) is 4.30. The van der Waals surface area contributed by atoms with Crippen LogP contribution in [-0.4, -0.2) is 31.8 Å². The third-order valence-corrected chi connectivity index (χ3v) is 5.50. The summed E-state index contributed by atoms with van der Waals surface area (Å²) in [7, 11) is 0. The smallest absolute Gasteiger partial charge is 0.0996 e. The average molecular weight is 286 g/mol. The molecule has 1 aromatic rings. The maximum atomic E-state index is 6.37. The monoisotopic (exact) mass is 286 g/mol. The minimum Gasteiger partial charge on any atom is -0.368 e. The van der Waals surface area contributed by atoms with E-state index in [0.29, 0.717) is 0 Å². The van der Waals surface area contributed by atoms with Crippen LogP contribution in [0.5, 0.6) is 0 Å². The van der Waals surface area contributed by atoms with Gasteiger partial charge in [-0.1, -0.05) is 31.0 Å². The Bertz CT molecular complexity index is 490. The summed E-state index contributed by atoms with van der Waals surface area (Å²) in [5, 5.41) is 3.50. The van der Waals surface area contributed by atoms with Crippen molar-refractivity contribution < 1.29 is 4.74 Å². The van der Waals surface area contributed by atoms with E-state index in [1.807, 2.05) is 0 Å². The van der Waals surface area contributed by atoms with Crippen molar-refractivity contribution in [2.24, 2.45) is 5.92 Å². The number of anilines is 1. The maximum absolute atomic E-state index is 6.37. The molecule has 3 nitrogen and oxygen atoms in total. The van der Waals surface area contributed by atoms with Crippen molar-refractivity contribution in [1.82, 2.24) is 5.32 Å². The number of benzene rings is 1. The zero-order valence-electron chi connectivity index (χ0n) is 12.8. The standard InChI is InChI=1S/C18H26N2O/c1-2-6-15(5-1)11-20-14-18(9-10-19-13-18)21-12-16-7-3-4-8-17(16)20/h3-4,7-8,15,19H,1-2,5-6,9-14H2. The molecule has 2 aliphatic heterocycles. The predicted molar refractivity (Wildman–Crippen MR) is 85.6 cm³/mol. The molecule has 3 heteroatoms. The minimum absolute atomic E-state index is 0.0254. The third kappa shape index (κ3) is 2.69. The summed E-state index contributed by atoms with van der Waals surface area (Å²) in [5.74, 6) is 0.877. The van der Waals surface area contributed by atoms with Crippen LogP contribution in [0.25, 0.3) is 0 Å². The molecule has 1 spiro atoms. The first-order valence-electron chi connectivity index (χ1n) is 8.52. The van der Waals surface area contributed by atoms with E-state index in [2.05, 4.69) is 34.5 Å². The van der Waals surface area contributed by atoms with Gasteiger partial charge in [0.1, 0.15) is 0 Å². The Labute approximate surface area is 127 Å². The Hall–Kier alpha value is -1.06. The van der Waals surface area contributed by atoms with Crippen LogP contribution in [0.15, 0.2) is 24.3 Å². The van der Waals surface area contributed by atoms with Crippen LogP contribution in [0, 0.1) is 5.92 Å². The van der Waals surface area contributed by atoms with E-state index < -0.39 is 0 Å². The molecule has 114 valence electrons. The lowest BCUT2D eigenvalue weighted by Crippen LogP contribution is -2.46. The van der Waals surface area contributed by atoms with Gasteiger partial charge in [0.05, 0.1) is 12.2 Å². The maximum Gasteiger partial charge on any atom is 0.0996 e. The molecule has 2 fully saturated rings. The molecule has 2 heterocycles. The summed E-state index contributed by atoms with van der Waals surface area (Å²) in [6.45, 7) is 5.12. The van der Waals surface area contributed by atoms with Gasteiger partial charge in [0.25, 0.3) is 0 Å². The molecule has 0 radical (unpaired) electrons. The van der Waals surface area contributed by atoms with Gasteiger partial charge in [-0.25, -0.2) is 0 Å². The molecule has 1 aromatic carbocycles. The highest BCUT2D eigenvalue weighted by Gasteiger charge is 2.39. The molecule has 0 aromatic heterocycles. The van der Waals surface area contributed by atoms with E-state index in [0.717, 1.165) is 38.6 Å². The molecule has 21 heavy (non-hydrogen) atoms. The molecule has 1 aliphatic carbocycles. The van der Waals surface area contributed by atoms with Crippen LogP contribution in [0.4, 0.5) is 5.69 Å². The lowest BCUT2D eigenvalue weighted by Gasteiger charge is -2.34. The van der Waals surface area contributed by atoms with Crippen LogP contribution in [0.3, 0.4) is 0 Å². The van der Waals surface area contributed by atoms with Gasteiger partial charge in [0, 0.05) is 30.9 Å². The number of ether oxygens (including phenoxy) is 1. The summed E-state index contributed by atoms with van der Waals surface area (Å²) < 4.78 is 6.37. The summed E-state index contributed by atoms with van der Waals surface area (Å²) in [4.78, 5) is 2.63. The average Bonchev–Trinajstić information content (AvgIpc) is 3.14. The van der Waals surface area contributed by atoms with Crippen LogP contribution in [0.2, 0.25) is 0 Å². The Morgan fingerprint density at radius 2 is 2.10 bits per heavy atom. The van der Waals surface area contributed by atoms with Crippen molar-refractivity contribution >= 4 is 5.69 Å². The molecule has 1 saturated carbocycles. The van der Waals surface area contributed by atoms with Crippen molar-refractivity contribution in [2.45, 2.75) is 44.3 Å². The van der Waals surface area contributed by atoms with E-state index in [-0.39, 0.29) is 5.60 Å². The molecule has 4 rings (SSSR count). The lowest BCUT2D eigenvalue weighted by molar-refractivity contribution is -0.0321. The Morgan fingerprint density at radius 3 is 2.90 bits per heavy atom. The van der Waals surface area contributed by atoms with Crippen molar-refractivity contribution in [2.75, 3.05) is 31.1 Å². The molecule has 3 aliphatic rings. The van der Waals surface area contributed by atoms with Crippen molar-refractivity contribution in [1.29, 1.82) is 0 Å². The second kappa shape index (κ2) is 5.62. The highest BCUT2D eigenvalue weighted by Crippen LogP contribution is 2.35. The number of nitrogens with zero attached hydrogens (tertiary/aromatic N) is 1. The number of hydrogen-bond donors (Lipinski definition) is 1. The van der Waals surface area contributed by atoms with Crippen LogP contribution >= 0.6 is 0 Å². The Morgan fingerprint density at radius 1 is 1.24 bits per heavy atom. The molecule has 0 bridgehead atoms. The Kier molecular flexibility index (Phi) is 3.64. The van der Waals surface area contributed by atoms with E-state index >= 15 is 0 Å². The van der Waals surface area contributed by atoms with Crippen molar-refractivity contribution in [3.8, 4) is 0 Å². The molecule has 1 saturated heterocycles. The summed E-state index contributed by atoms with van der Waals surface area (Å²) in [5.41, 5.74) is 2.80. The topological polar surface area (TPSA) is 24.5 Å². The number of nitrogens with one attached hydrogen (secondary N) is 1. The first-order valence-corrected chi connectivity index (χ1v) is 8.52. The van der Waals surface area contributed by atoms with E-state index in [9.17, 15) is 0 Å². The van der Waals surface area contributed by atoms with Gasteiger partial charge in [-0.05, 0) is 37.8 Å². The predicted octanol–water partition coefficient (Wildman–Crippen LogP) is 2.95. The van der Waals surface area contributed by atoms with Gasteiger partial charge in [0.2, 0.25) is 0 Å². The van der Waals surface area contributed by atoms with Crippen molar-refractivity contribution in [3.63, 3.8) is 0 Å². The lowest BCUT2D eigenvalue weighted by atomic mass is 10.0. The third-order valence-electron chi connectivity index (χ3n) is 5.50. The zero-order chi connectivity index (χ0) is 14.1. The second-order valence-electron chi connectivity index (χ2n) is 7.06. The quantitative estimate of drug-likeness (QED) is 0.904. The SMILES string of the molecule is c1ccc2c(c1)COC1(CCNC1)CN2CC1CCCC1. The molecular weight excluding hydrogens is 260 g/mol. The molecule has 1 atom stereocenters.